The predicted octanol–water partition coefficient (Wildman–Crippen LogP) is 2.06. The number of carbonyl (C=O) groups excluding carboxylic acids is 1. The van der Waals surface area contributed by atoms with Gasteiger partial charge in [-0.25, -0.2) is 0 Å². The molecule has 0 aliphatic rings. The van der Waals surface area contributed by atoms with Crippen LogP contribution in [0.25, 0.3) is 0 Å². The Kier molecular flexibility index (Phi) is 3.84. The van der Waals surface area contributed by atoms with Gasteiger partial charge in [0.25, 0.3) is 5.91 Å². The van der Waals surface area contributed by atoms with Crippen LogP contribution in [0.2, 0.25) is 0 Å². The maximum Gasteiger partial charge on any atom is 0.254 e. The van der Waals surface area contributed by atoms with Gasteiger partial charge in [0.2, 0.25) is 0 Å². The van der Waals surface area contributed by atoms with Gasteiger partial charge in [0.15, 0.2) is 0 Å². The lowest BCUT2D eigenvalue weighted by Crippen LogP contribution is -2.42. The van der Waals surface area contributed by atoms with Crippen LogP contribution in [0.3, 0.4) is 0 Å². The number of aliphatic hydroxyl groups is 1. The molecule has 0 aromatic carbocycles. The summed E-state index contributed by atoms with van der Waals surface area (Å²) in [5.41, 5.74) is 0.574. The average Bonchev–Trinajstić information content (AvgIpc) is 2.97. The van der Waals surface area contributed by atoms with E-state index in [1.807, 2.05) is 16.8 Å². The third-order valence-corrected chi connectivity index (χ3v) is 3.31. The van der Waals surface area contributed by atoms with Crippen molar-refractivity contribution >= 4 is 17.2 Å². The molecule has 2 N–H and O–H groups in total. The lowest BCUT2D eigenvalue weighted by molar-refractivity contribution is 0.0553. The summed E-state index contributed by atoms with van der Waals surface area (Å²) >= 11 is 1.59. The van der Waals surface area contributed by atoms with Crippen LogP contribution in [0.4, 0.5) is 0 Å². The molecule has 0 radical (unpaired) electrons. The third-order valence-electron chi connectivity index (χ3n) is 2.58. The Morgan fingerprint density at radius 3 is 3.00 bits per heavy atom. The van der Waals surface area contributed by atoms with E-state index in [1.54, 1.807) is 24.3 Å². The lowest BCUT2D eigenvalue weighted by atomic mass is 9.98. The van der Waals surface area contributed by atoms with Gasteiger partial charge >= 0.3 is 0 Å². The van der Waals surface area contributed by atoms with Crippen LogP contribution >= 0.6 is 11.3 Å². The highest BCUT2D eigenvalue weighted by atomic mass is 32.1. The highest BCUT2D eigenvalue weighted by molar-refractivity contribution is 7.07. The highest BCUT2D eigenvalue weighted by Crippen LogP contribution is 2.15. The number of amides is 1. The maximum absolute atomic E-state index is 11.7. The first-order chi connectivity index (χ1) is 8.57. The van der Waals surface area contributed by atoms with E-state index in [2.05, 4.69) is 5.32 Å². The zero-order valence-electron chi connectivity index (χ0n) is 10.1. The first-order valence-corrected chi connectivity index (χ1v) is 6.55. The Hall–Kier alpha value is -1.59. The summed E-state index contributed by atoms with van der Waals surface area (Å²) in [5, 5.41) is 16.9. The summed E-state index contributed by atoms with van der Waals surface area (Å²) in [6.07, 6.45) is 3.34. The summed E-state index contributed by atoms with van der Waals surface area (Å²) in [6, 6.07) is 3.56. The van der Waals surface area contributed by atoms with Gasteiger partial charge in [-0.3, -0.25) is 4.79 Å². The number of hydrogen-bond acceptors (Lipinski definition) is 4. The minimum atomic E-state index is -0.958. The SMILES string of the molecule is CC(O)(CNC(=O)c1ccoc1)Cc1ccsc1. The molecule has 96 valence electrons. The molecule has 1 unspecified atom stereocenters. The monoisotopic (exact) mass is 265 g/mol. The van der Waals surface area contributed by atoms with Crippen molar-refractivity contribution in [3.8, 4) is 0 Å². The smallest absolute Gasteiger partial charge is 0.254 e. The average molecular weight is 265 g/mol. The van der Waals surface area contributed by atoms with Gasteiger partial charge in [0.1, 0.15) is 6.26 Å². The van der Waals surface area contributed by atoms with Crippen LogP contribution in [0.1, 0.15) is 22.8 Å². The topological polar surface area (TPSA) is 62.5 Å². The fourth-order valence-corrected chi connectivity index (χ4v) is 2.33. The van der Waals surface area contributed by atoms with Gasteiger partial charge in [-0.15, -0.1) is 0 Å². The Balaban J connectivity index is 1.87. The van der Waals surface area contributed by atoms with E-state index in [-0.39, 0.29) is 12.5 Å². The van der Waals surface area contributed by atoms with Crippen LogP contribution in [0.15, 0.2) is 39.8 Å². The van der Waals surface area contributed by atoms with Gasteiger partial charge in [0, 0.05) is 13.0 Å². The van der Waals surface area contributed by atoms with Crippen molar-refractivity contribution < 1.29 is 14.3 Å². The van der Waals surface area contributed by atoms with Crippen molar-refractivity contribution in [2.75, 3.05) is 6.54 Å². The van der Waals surface area contributed by atoms with E-state index in [4.69, 9.17) is 4.42 Å². The van der Waals surface area contributed by atoms with Crippen LogP contribution in [-0.2, 0) is 6.42 Å². The molecule has 0 bridgehead atoms. The van der Waals surface area contributed by atoms with E-state index in [1.165, 1.54) is 12.5 Å². The van der Waals surface area contributed by atoms with Gasteiger partial charge in [-0.05, 0) is 35.4 Å². The van der Waals surface area contributed by atoms with Crippen molar-refractivity contribution in [3.05, 3.63) is 46.5 Å². The molecule has 4 nitrogen and oxygen atoms in total. The number of furan rings is 1. The first-order valence-electron chi connectivity index (χ1n) is 5.61. The standard InChI is InChI=1S/C13H15NO3S/c1-13(16,6-10-3-5-18-8-10)9-14-12(15)11-2-4-17-7-11/h2-5,7-8,16H,6,9H2,1H3,(H,14,15). The zero-order chi connectivity index (χ0) is 13.0. The second-order valence-corrected chi connectivity index (χ2v) is 5.28. The third kappa shape index (κ3) is 3.45. The van der Waals surface area contributed by atoms with Crippen molar-refractivity contribution in [2.45, 2.75) is 18.9 Å². The Morgan fingerprint density at radius 1 is 1.56 bits per heavy atom. The summed E-state index contributed by atoms with van der Waals surface area (Å²) in [6.45, 7) is 1.91. The Bertz CT molecular complexity index is 488. The van der Waals surface area contributed by atoms with Crippen LogP contribution in [0, 0.1) is 0 Å². The number of nitrogens with one attached hydrogen (secondary N) is 1. The Labute approximate surface area is 109 Å². The first kappa shape index (κ1) is 12.9. The fourth-order valence-electron chi connectivity index (χ4n) is 1.66. The summed E-state index contributed by atoms with van der Waals surface area (Å²) in [4.78, 5) is 11.7. The predicted molar refractivity (Wildman–Crippen MR) is 69.7 cm³/mol. The highest BCUT2D eigenvalue weighted by Gasteiger charge is 2.22. The summed E-state index contributed by atoms with van der Waals surface area (Å²) in [7, 11) is 0. The molecule has 18 heavy (non-hydrogen) atoms. The molecule has 2 aromatic rings. The lowest BCUT2D eigenvalue weighted by Gasteiger charge is -2.23. The normalized spacial score (nSPS) is 14.1. The van der Waals surface area contributed by atoms with Crippen LogP contribution in [0.5, 0.6) is 0 Å². The van der Waals surface area contributed by atoms with Gasteiger partial charge in [0.05, 0.1) is 17.4 Å². The zero-order valence-corrected chi connectivity index (χ0v) is 10.9. The molecule has 0 spiro atoms. The molecular formula is C13H15NO3S. The van der Waals surface area contributed by atoms with E-state index in [9.17, 15) is 9.90 Å². The van der Waals surface area contributed by atoms with Gasteiger partial charge in [-0.2, -0.15) is 11.3 Å². The molecule has 0 saturated heterocycles. The quantitative estimate of drug-likeness (QED) is 0.870. The maximum atomic E-state index is 11.7. The molecule has 1 amide bonds. The van der Waals surface area contributed by atoms with Crippen molar-refractivity contribution in [1.29, 1.82) is 0 Å². The number of rotatable bonds is 5. The molecule has 2 heterocycles. The molecule has 2 aromatic heterocycles. The molecule has 0 saturated carbocycles. The van der Waals surface area contributed by atoms with E-state index in [0.717, 1.165) is 5.56 Å². The molecule has 2 rings (SSSR count). The minimum Gasteiger partial charge on any atom is -0.472 e. The second kappa shape index (κ2) is 5.37. The van der Waals surface area contributed by atoms with Crippen LogP contribution < -0.4 is 5.32 Å². The molecule has 0 aliphatic carbocycles. The second-order valence-electron chi connectivity index (χ2n) is 4.50. The largest absolute Gasteiger partial charge is 0.472 e. The Morgan fingerprint density at radius 2 is 2.39 bits per heavy atom. The fraction of sp³-hybridized carbons (Fsp3) is 0.308. The number of thiophene rings is 1. The molecular weight excluding hydrogens is 250 g/mol. The van der Waals surface area contributed by atoms with E-state index in [0.29, 0.717) is 12.0 Å². The van der Waals surface area contributed by atoms with Crippen LogP contribution in [-0.4, -0.2) is 23.2 Å². The molecule has 0 fully saturated rings. The molecule has 1 atom stereocenters. The number of hydrogen-bond donors (Lipinski definition) is 2. The van der Waals surface area contributed by atoms with E-state index < -0.39 is 5.60 Å². The minimum absolute atomic E-state index is 0.201. The van der Waals surface area contributed by atoms with E-state index >= 15 is 0 Å². The van der Waals surface area contributed by atoms with Crippen molar-refractivity contribution in [1.82, 2.24) is 5.32 Å². The number of carbonyl (C=O) groups is 1. The van der Waals surface area contributed by atoms with Crippen molar-refractivity contribution in [2.24, 2.45) is 0 Å². The van der Waals surface area contributed by atoms with Gasteiger partial charge in [-0.1, -0.05) is 0 Å². The summed E-state index contributed by atoms with van der Waals surface area (Å²) in [5.74, 6) is -0.241. The molecule has 5 heteroatoms. The van der Waals surface area contributed by atoms with Crippen molar-refractivity contribution in [3.63, 3.8) is 0 Å². The van der Waals surface area contributed by atoms with Gasteiger partial charge < -0.3 is 14.8 Å². The summed E-state index contributed by atoms with van der Waals surface area (Å²) < 4.78 is 4.83. The molecule has 0 aliphatic heterocycles.